The summed E-state index contributed by atoms with van der Waals surface area (Å²) in [5.41, 5.74) is -5.33. The molecule has 63 heavy (non-hydrogen) atoms. The summed E-state index contributed by atoms with van der Waals surface area (Å²) in [5.74, 6) is -2.59. The molecule has 0 saturated carbocycles. The molecule has 4 rings (SSSR count). The van der Waals surface area contributed by atoms with Gasteiger partial charge in [-0.1, -0.05) is 18.2 Å². The number of benzene rings is 2. The fourth-order valence-corrected chi connectivity index (χ4v) is 6.30. The fourth-order valence-electron chi connectivity index (χ4n) is 6.30. The number of aliphatic hydroxyl groups is 1. The molecule has 0 atom stereocenters. The first-order valence-corrected chi connectivity index (χ1v) is 20.0. The summed E-state index contributed by atoms with van der Waals surface area (Å²) >= 11 is 0. The minimum absolute atomic E-state index is 0.0295. The minimum Gasteiger partial charge on any atom is -0.466 e. The third-order valence-electron chi connectivity index (χ3n) is 9.61. The highest BCUT2D eigenvalue weighted by Crippen LogP contribution is 2.19. The lowest BCUT2D eigenvalue weighted by molar-refractivity contribution is -0.145. The molecule has 2 aromatic carbocycles. The van der Waals surface area contributed by atoms with Crippen molar-refractivity contribution in [3.05, 3.63) is 123 Å². The van der Waals surface area contributed by atoms with E-state index in [9.17, 15) is 53.1 Å². The van der Waals surface area contributed by atoms with Crippen LogP contribution in [0.3, 0.4) is 0 Å². The number of carbonyl (C=O) groups excluding carboxylic acids is 4. The number of aromatic nitrogens is 6. The van der Waals surface area contributed by atoms with Gasteiger partial charge in [-0.2, -0.15) is 0 Å². The van der Waals surface area contributed by atoms with Crippen LogP contribution in [0.1, 0.15) is 59.2 Å². The Morgan fingerprint density at radius 3 is 1.44 bits per heavy atom. The van der Waals surface area contributed by atoms with Gasteiger partial charge in [0.15, 0.2) is 0 Å². The van der Waals surface area contributed by atoms with Crippen LogP contribution in [0.2, 0.25) is 0 Å². The van der Waals surface area contributed by atoms with Gasteiger partial charge >= 0.3 is 58.0 Å². The summed E-state index contributed by atoms with van der Waals surface area (Å²) in [6.45, 7) is 0.324. The first-order chi connectivity index (χ1) is 30.3. The molecule has 22 nitrogen and oxygen atoms in total. The molecule has 0 unspecified atom stereocenters. The van der Waals surface area contributed by atoms with Gasteiger partial charge in [-0.3, -0.25) is 9.59 Å². The standard InChI is InChI=1S/C41H50N6O16/c1-4-15-42-36(53)43(16-13-32(49)61-22-7-5-6-8-23-63-35(52)31-12-10-28-26-30(34(51)60-3)11-9-29(28)27-31)38(55)44(37(42)54)17-14-33(50)62-25-20-47-40(57)45(18-21-48)39(56)46(41(47)58)19-24-59-2/h4,9-12,26-27,48H,1,5-8,13-25H2,2-3H3. The van der Waals surface area contributed by atoms with Gasteiger partial charge < -0.3 is 28.8 Å². The maximum atomic E-state index is 13.3. The third kappa shape index (κ3) is 12.8. The Labute approximate surface area is 357 Å². The maximum Gasteiger partial charge on any atom is 0.338 e. The number of carbonyl (C=O) groups is 4. The molecule has 2 aromatic heterocycles. The minimum atomic E-state index is -1.09. The maximum absolute atomic E-state index is 13.3. The summed E-state index contributed by atoms with van der Waals surface area (Å²) in [7, 11) is 2.65. The van der Waals surface area contributed by atoms with Gasteiger partial charge in [0, 0.05) is 20.2 Å². The van der Waals surface area contributed by atoms with Crippen molar-refractivity contribution in [1.29, 1.82) is 0 Å². The summed E-state index contributed by atoms with van der Waals surface area (Å²) in [5, 5.41) is 10.8. The van der Waals surface area contributed by atoms with Gasteiger partial charge in [0.05, 0.1) is 83.7 Å². The predicted molar refractivity (Wildman–Crippen MR) is 223 cm³/mol. The number of esters is 4. The molecule has 22 heteroatoms. The molecule has 0 fully saturated rings. The van der Waals surface area contributed by atoms with Crippen molar-refractivity contribution in [1.82, 2.24) is 27.4 Å². The molecule has 0 saturated heterocycles. The average Bonchev–Trinajstić information content (AvgIpc) is 3.27. The second kappa shape index (κ2) is 23.9. The van der Waals surface area contributed by atoms with E-state index in [1.807, 2.05) is 0 Å². The highest BCUT2D eigenvalue weighted by Gasteiger charge is 2.19. The number of hydrogen-bond donors (Lipinski definition) is 1. The van der Waals surface area contributed by atoms with E-state index in [4.69, 9.17) is 23.7 Å². The Balaban J connectivity index is 1.23. The van der Waals surface area contributed by atoms with E-state index in [1.54, 1.807) is 36.4 Å². The van der Waals surface area contributed by atoms with Crippen LogP contribution in [0.15, 0.2) is 77.8 Å². The molecule has 0 bridgehead atoms. The van der Waals surface area contributed by atoms with Crippen LogP contribution in [0.5, 0.6) is 0 Å². The van der Waals surface area contributed by atoms with Crippen molar-refractivity contribution in [2.45, 2.75) is 77.8 Å². The molecule has 4 aromatic rings. The molecule has 0 aliphatic rings. The van der Waals surface area contributed by atoms with E-state index in [1.165, 1.54) is 20.3 Å². The smallest absolute Gasteiger partial charge is 0.338 e. The largest absolute Gasteiger partial charge is 0.466 e. The normalized spacial score (nSPS) is 11.0. The van der Waals surface area contributed by atoms with Crippen molar-refractivity contribution < 1.29 is 48.0 Å². The zero-order valence-corrected chi connectivity index (χ0v) is 35.0. The second-order valence-electron chi connectivity index (χ2n) is 13.8. The molecular weight excluding hydrogens is 832 g/mol. The predicted octanol–water partition coefficient (Wildman–Crippen LogP) is -0.594. The van der Waals surface area contributed by atoms with Crippen LogP contribution in [-0.2, 0) is 72.5 Å². The SMILES string of the molecule is C=CCn1c(=O)n(CCC(=O)OCCCCCCOC(=O)c2ccc3cc(C(=O)OC)ccc3c2)c(=O)n(CCC(=O)OCCn2c(=O)n(CCO)c(=O)n(CCOC)c2=O)c1=O. The zero-order valence-electron chi connectivity index (χ0n) is 35.0. The molecule has 1 N–H and O–H groups in total. The lowest BCUT2D eigenvalue weighted by Crippen LogP contribution is -2.55. The first-order valence-electron chi connectivity index (χ1n) is 20.0. The number of allylic oxidation sites excluding steroid dienone is 1. The number of nitrogens with zero attached hydrogens (tertiary/aromatic N) is 6. The van der Waals surface area contributed by atoms with E-state index in [2.05, 4.69) is 6.58 Å². The van der Waals surface area contributed by atoms with Crippen LogP contribution < -0.4 is 34.1 Å². The molecule has 0 radical (unpaired) electrons. The van der Waals surface area contributed by atoms with E-state index < -0.39 is 110 Å². The Morgan fingerprint density at radius 1 is 0.540 bits per heavy atom. The van der Waals surface area contributed by atoms with Crippen LogP contribution in [0.25, 0.3) is 10.8 Å². The number of unbranched alkanes of at least 4 members (excludes halogenated alkanes) is 3. The number of aliphatic hydroxyl groups excluding tert-OH is 1. The Hall–Kier alpha value is -6.94. The summed E-state index contributed by atoms with van der Waals surface area (Å²) < 4.78 is 29.5. The molecule has 0 aliphatic heterocycles. The van der Waals surface area contributed by atoms with Crippen molar-refractivity contribution >= 4 is 34.6 Å². The lowest BCUT2D eigenvalue weighted by Gasteiger charge is -2.14. The molecule has 0 amide bonds. The van der Waals surface area contributed by atoms with Crippen molar-refractivity contribution in [3.63, 3.8) is 0 Å². The average molecular weight is 883 g/mol. The van der Waals surface area contributed by atoms with Gasteiger partial charge in [0.2, 0.25) is 0 Å². The fraction of sp³-hybridized carbons (Fsp3) is 0.463. The Bertz CT molecular complexity index is 2670. The highest BCUT2D eigenvalue weighted by molar-refractivity contribution is 5.99. The van der Waals surface area contributed by atoms with Crippen LogP contribution >= 0.6 is 0 Å². The molecule has 0 aliphatic carbocycles. The second-order valence-corrected chi connectivity index (χ2v) is 13.8. The number of fused-ring (bicyclic) bond motifs is 1. The Morgan fingerprint density at radius 2 is 0.968 bits per heavy atom. The topological polar surface area (TPSA) is 267 Å². The van der Waals surface area contributed by atoms with Crippen LogP contribution in [0, 0.1) is 0 Å². The van der Waals surface area contributed by atoms with Gasteiger partial charge in [0.25, 0.3) is 0 Å². The van der Waals surface area contributed by atoms with Crippen LogP contribution in [-0.4, -0.2) is 104 Å². The molecule has 340 valence electrons. The number of hydrogen-bond acceptors (Lipinski definition) is 16. The van der Waals surface area contributed by atoms with E-state index in [0.29, 0.717) is 59.6 Å². The van der Waals surface area contributed by atoms with Gasteiger partial charge in [0.1, 0.15) is 6.61 Å². The van der Waals surface area contributed by atoms with E-state index in [0.717, 1.165) is 15.3 Å². The summed E-state index contributed by atoms with van der Waals surface area (Å²) in [6.07, 6.45) is 2.68. The summed E-state index contributed by atoms with van der Waals surface area (Å²) in [4.78, 5) is 127. The van der Waals surface area contributed by atoms with Gasteiger partial charge in [-0.05, 0) is 60.7 Å². The van der Waals surface area contributed by atoms with E-state index >= 15 is 0 Å². The molecule has 0 spiro atoms. The lowest BCUT2D eigenvalue weighted by atomic mass is 10.0. The van der Waals surface area contributed by atoms with E-state index in [-0.39, 0.29) is 32.9 Å². The Kier molecular flexibility index (Phi) is 18.5. The van der Waals surface area contributed by atoms with Crippen molar-refractivity contribution in [3.8, 4) is 0 Å². The number of rotatable bonds is 25. The quantitative estimate of drug-likeness (QED) is 0.0377. The zero-order chi connectivity index (χ0) is 46.1. The van der Waals surface area contributed by atoms with Gasteiger partial charge in [-0.15, -0.1) is 6.58 Å². The number of ether oxygens (including phenoxy) is 5. The van der Waals surface area contributed by atoms with Crippen LogP contribution in [0.4, 0.5) is 0 Å². The van der Waals surface area contributed by atoms with Gasteiger partial charge in [-0.25, -0.2) is 65.8 Å². The summed E-state index contributed by atoms with van der Waals surface area (Å²) in [6, 6.07) is 10.0. The molecular formula is C41H50N6O16. The van der Waals surface area contributed by atoms with Crippen molar-refractivity contribution in [2.24, 2.45) is 0 Å². The third-order valence-corrected chi connectivity index (χ3v) is 9.61. The van der Waals surface area contributed by atoms with Crippen molar-refractivity contribution in [2.75, 3.05) is 47.3 Å². The highest BCUT2D eigenvalue weighted by atomic mass is 16.5. The first kappa shape index (κ1) is 48.7. The molecule has 2 heterocycles. The number of methoxy groups -OCH3 is 2. The monoisotopic (exact) mass is 882 g/mol.